The predicted octanol–water partition coefficient (Wildman–Crippen LogP) is 14.3. The Morgan fingerprint density at radius 1 is 0.333 bits per heavy atom. The Labute approximate surface area is 436 Å². The number of para-hydroxylation sites is 2. The fourth-order valence-corrected chi connectivity index (χ4v) is 9.48. The number of carbonyl (C=O) groups excluding carboxylic acids is 4. The second-order valence-electron chi connectivity index (χ2n) is 17.5. The Kier molecular flexibility index (Phi) is 17.9. The molecule has 0 bridgehead atoms. The summed E-state index contributed by atoms with van der Waals surface area (Å²) in [4.78, 5) is 49.0. The van der Waals surface area contributed by atoms with Crippen molar-refractivity contribution in [3.05, 3.63) is 206 Å². The zero-order chi connectivity index (χ0) is 52.5. The monoisotopic (exact) mass is 1000 g/mol. The van der Waals surface area contributed by atoms with E-state index in [9.17, 15) is 19.2 Å². The fraction of sp³-hybridized carbons (Fsp3) is 0.188. The Bertz CT molecular complexity index is 3190. The number of esters is 4. The number of hydrogen-bond acceptors (Lipinski definition) is 11. The summed E-state index contributed by atoms with van der Waals surface area (Å²) in [5, 5.41) is 7.22. The highest BCUT2D eigenvalue weighted by molar-refractivity contribution is 6.11. The van der Waals surface area contributed by atoms with E-state index in [1.165, 1.54) is 0 Å². The summed E-state index contributed by atoms with van der Waals surface area (Å²) >= 11 is 0. The molecule has 0 radical (unpaired) electrons. The molecule has 0 aliphatic carbocycles. The maximum absolute atomic E-state index is 12.3. The lowest BCUT2D eigenvalue weighted by molar-refractivity contribution is -0.138. The second kappa shape index (κ2) is 25.6. The third kappa shape index (κ3) is 12.6. The van der Waals surface area contributed by atoms with Crippen molar-refractivity contribution in [1.82, 2.24) is 0 Å². The summed E-state index contributed by atoms with van der Waals surface area (Å²) in [6.07, 6.45) is 8.57. The van der Waals surface area contributed by atoms with Gasteiger partial charge in [-0.15, -0.1) is 0 Å². The van der Waals surface area contributed by atoms with Gasteiger partial charge in [0.05, 0.1) is 26.4 Å². The minimum Gasteiger partial charge on any atom is -0.463 e. The van der Waals surface area contributed by atoms with Gasteiger partial charge in [0.1, 0.15) is 11.5 Å². The van der Waals surface area contributed by atoms with Crippen LogP contribution >= 0.6 is 0 Å². The molecule has 0 N–H and O–H groups in total. The van der Waals surface area contributed by atoms with Crippen molar-refractivity contribution in [2.45, 2.75) is 51.4 Å². The van der Waals surface area contributed by atoms with Gasteiger partial charge in [-0.3, -0.25) is 0 Å². The van der Waals surface area contributed by atoms with Crippen molar-refractivity contribution in [2.75, 3.05) is 26.4 Å². The molecule has 380 valence electrons. The van der Waals surface area contributed by atoms with Crippen molar-refractivity contribution in [3.63, 3.8) is 0 Å². The first-order valence-electron chi connectivity index (χ1n) is 25.0. The molecule has 0 saturated carbocycles. The Morgan fingerprint density at radius 3 is 0.947 bits per heavy atom. The molecule has 0 amide bonds. The Hall–Kier alpha value is -8.96. The molecule has 8 rings (SSSR count). The van der Waals surface area contributed by atoms with Gasteiger partial charge in [-0.2, -0.15) is 0 Å². The topological polar surface area (TPSA) is 133 Å². The third-order valence-corrected chi connectivity index (χ3v) is 12.7. The molecule has 8 aromatic rings. The highest BCUT2D eigenvalue weighted by atomic mass is 16.6. The lowest BCUT2D eigenvalue weighted by Gasteiger charge is -2.25. The molecule has 8 aromatic carbocycles. The van der Waals surface area contributed by atoms with Crippen molar-refractivity contribution in [2.24, 2.45) is 0 Å². The van der Waals surface area contributed by atoms with Crippen molar-refractivity contribution < 1.29 is 52.3 Å². The van der Waals surface area contributed by atoms with Crippen LogP contribution in [0.15, 0.2) is 184 Å². The highest BCUT2D eigenvalue weighted by Crippen LogP contribution is 2.52. The van der Waals surface area contributed by atoms with E-state index in [1.807, 2.05) is 109 Å². The molecule has 11 nitrogen and oxygen atoms in total. The van der Waals surface area contributed by atoms with Gasteiger partial charge >= 0.3 is 23.9 Å². The predicted molar refractivity (Wildman–Crippen MR) is 294 cm³/mol. The Morgan fingerprint density at radius 2 is 0.627 bits per heavy atom. The van der Waals surface area contributed by atoms with Gasteiger partial charge in [0.15, 0.2) is 23.0 Å². The van der Waals surface area contributed by atoms with E-state index in [0.717, 1.165) is 89.6 Å². The van der Waals surface area contributed by atoms with Gasteiger partial charge in [-0.05, 0) is 142 Å². The van der Waals surface area contributed by atoms with E-state index in [-0.39, 0.29) is 26.4 Å². The first-order chi connectivity index (χ1) is 36.7. The van der Waals surface area contributed by atoms with Crippen LogP contribution in [0.4, 0.5) is 0 Å². The smallest absolute Gasteiger partial charge is 0.330 e. The molecule has 75 heavy (non-hydrogen) atoms. The lowest BCUT2D eigenvalue weighted by atomic mass is 9.87. The van der Waals surface area contributed by atoms with Gasteiger partial charge in [0.25, 0.3) is 0 Å². The van der Waals surface area contributed by atoms with Gasteiger partial charge in [-0.1, -0.05) is 123 Å². The van der Waals surface area contributed by atoms with Crippen LogP contribution in [0, 0.1) is 0 Å². The van der Waals surface area contributed by atoms with Crippen molar-refractivity contribution in [3.8, 4) is 34.5 Å². The van der Waals surface area contributed by atoms with Crippen LogP contribution in [-0.2, 0) is 63.8 Å². The third-order valence-electron chi connectivity index (χ3n) is 12.7. The molecule has 0 atom stereocenters. The average molecular weight is 1000 g/mol. The molecule has 0 aliphatic heterocycles. The van der Waals surface area contributed by atoms with Crippen LogP contribution < -0.4 is 14.2 Å². The van der Waals surface area contributed by atoms with Crippen molar-refractivity contribution in [1.29, 1.82) is 0 Å². The van der Waals surface area contributed by atoms with Crippen LogP contribution in [0.1, 0.15) is 47.9 Å². The minimum atomic E-state index is -0.513. The summed E-state index contributed by atoms with van der Waals surface area (Å²) in [6, 6.07) is 43.2. The number of fused-ring (bicyclic) bond motifs is 4. The van der Waals surface area contributed by atoms with E-state index in [1.54, 1.807) is 0 Å². The van der Waals surface area contributed by atoms with Crippen LogP contribution in [-0.4, -0.2) is 50.3 Å². The zero-order valence-corrected chi connectivity index (χ0v) is 41.8. The van der Waals surface area contributed by atoms with Gasteiger partial charge in [-0.25, -0.2) is 19.2 Å². The molecule has 0 fully saturated rings. The van der Waals surface area contributed by atoms with Crippen LogP contribution in [0.25, 0.3) is 43.1 Å². The van der Waals surface area contributed by atoms with E-state index in [0.29, 0.717) is 85.9 Å². The molecule has 0 saturated heterocycles. The largest absolute Gasteiger partial charge is 0.463 e. The minimum absolute atomic E-state index is 0.139. The maximum atomic E-state index is 12.3. The fourth-order valence-electron chi connectivity index (χ4n) is 9.48. The normalized spacial score (nSPS) is 10.9. The van der Waals surface area contributed by atoms with E-state index < -0.39 is 23.9 Å². The zero-order valence-electron chi connectivity index (χ0n) is 41.8. The number of aryl methyl sites for hydroxylation is 4. The number of hydrogen-bond donors (Lipinski definition) is 0. The molecule has 0 heterocycles. The lowest BCUT2D eigenvalue weighted by Crippen LogP contribution is -2.07. The second-order valence-corrected chi connectivity index (χ2v) is 17.5. The number of rotatable bonds is 26. The summed E-state index contributed by atoms with van der Waals surface area (Å²) in [5.74, 6) is 0.768. The first kappa shape index (κ1) is 52.4. The molecule has 0 aliphatic rings. The van der Waals surface area contributed by atoms with Gasteiger partial charge in [0.2, 0.25) is 0 Å². The van der Waals surface area contributed by atoms with Gasteiger partial charge < -0.3 is 33.2 Å². The quantitative estimate of drug-likeness (QED) is 0.0169. The van der Waals surface area contributed by atoms with E-state index in [4.69, 9.17) is 33.2 Å². The van der Waals surface area contributed by atoms with Crippen molar-refractivity contribution >= 4 is 67.0 Å². The summed E-state index contributed by atoms with van der Waals surface area (Å²) in [7, 11) is 0. The van der Waals surface area contributed by atoms with Crippen LogP contribution in [0.2, 0.25) is 0 Å². The number of ether oxygens (including phenoxy) is 7. The van der Waals surface area contributed by atoms with Crippen LogP contribution in [0.3, 0.4) is 0 Å². The molecule has 0 unspecified atom stereocenters. The first-order valence-corrected chi connectivity index (χ1v) is 25.0. The van der Waals surface area contributed by atoms with Gasteiger partial charge in [0, 0.05) is 35.1 Å². The van der Waals surface area contributed by atoms with E-state index in [2.05, 4.69) is 50.6 Å². The molecular formula is C64H58O11. The van der Waals surface area contributed by atoms with E-state index >= 15 is 0 Å². The number of benzene rings is 8. The summed E-state index contributed by atoms with van der Waals surface area (Å²) in [5.41, 5.74) is 3.88. The Balaban J connectivity index is 1.45. The standard InChI is InChI=1S/C64H58O11/c1-5-57(65)69-39-19-31-49-45-27-15-17-29-47(45)51(33-21-41-71-59(67)7-3)61-53(49)35-37-55(73-43-23-11-9-12-24-43)63(61)75-64-56(74-44-25-13-10-14-26-44)38-36-54-50(32-20-40-70-58(66)6-2)46-28-16-18-30-48(46)52(62(54)64)34-22-42-72-60(68)8-4/h5-18,23-30,35-38H,1-4,19-22,31-34,39-42H2. The molecule has 11 heteroatoms. The molecule has 0 spiro atoms. The summed E-state index contributed by atoms with van der Waals surface area (Å²) < 4.78 is 43.6. The van der Waals surface area contributed by atoms with Crippen LogP contribution in [0.5, 0.6) is 34.5 Å². The SMILES string of the molecule is C=CC(=O)OCCCc1c2ccccc2c(CCCOC(=O)C=C)c2c(Oc3c(Oc4ccccc4)ccc4c(CCCOC(=O)C=C)c5ccccc5c(CCCOC(=O)C=C)c34)c(Oc3ccccc3)ccc12. The summed E-state index contributed by atoms with van der Waals surface area (Å²) in [6.45, 7) is 14.9. The molecular weight excluding hydrogens is 945 g/mol. The average Bonchev–Trinajstić information content (AvgIpc) is 3.48. The number of carbonyl (C=O) groups is 4. The molecule has 0 aromatic heterocycles. The maximum Gasteiger partial charge on any atom is 0.330 e. The highest BCUT2D eigenvalue weighted by Gasteiger charge is 2.27.